The molecule has 0 bridgehead atoms. The lowest BCUT2D eigenvalue weighted by Crippen LogP contribution is -2.85. The molecule has 1 rings (SSSR count). The number of hydrogen-bond donors (Lipinski definition) is 3. The molecule has 0 amide bonds. The third-order valence-electron chi connectivity index (χ3n) is 2.82. The van der Waals surface area contributed by atoms with Crippen LogP contribution in [0.1, 0.15) is 59.8 Å². The van der Waals surface area contributed by atoms with E-state index in [1.807, 2.05) is 0 Å². The minimum absolute atomic E-state index is 0.470. The molecule has 0 heterocycles. The maximum atomic E-state index is 3.61. The third-order valence-corrected chi connectivity index (χ3v) is 2.82. The van der Waals surface area contributed by atoms with Crippen molar-refractivity contribution in [1.29, 1.82) is 0 Å². The molecule has 1 saturated carbocycles. The van der Waals surface area contributed by atoms with Gasteiger partial charge in [0.15, 0.2) is 0 Å². The Bertz CT molecular complexity index is 203. The molecule has 3 N–H and O–H groups in total. The molecule has 3 heteroatoms. The van der Waals surface area contributed by atoms with Gasteiger partial charge in [-0.3, -0.25) is 15.6 Å². The van der Waals surface area contributed by atoms with Crippen molar-refractivity contribution in [2.24, 2.45) is 0 Å². The summed E-state index contributed by atoms with van der Waals surface area (Å²) < 4.78 is 0. The van der Waals surface area contributed by atoms with Crippen LogP contribution in [0.4, 0.5) is 0 Å². The Balaban J connectivity index is 2.54. The summed E-state index contributed by atoms with van der Waals surface area (Å²) in [5.41, 5.74) is 0. The summed E-state index contributed by atoms with van der Waals surface area (Å²) in [5.74, 6) is 1.11. The van der Waals surface area contributed by atoms with Crippen LogP contribution in [0.25, 0.3) is 0 Å². The standard InChI is InChI=1S/C13H27N3/c1-10(2)14-13(15-11(3)4)16-12-8-6-5-7-9-12/h10-12H,5-9H2,1-4H3,(H2,14,15,16)/p+1. The van der Waals surface area contributed by atoms with Gasteiger partial charge in [-0.15, -0.1) is 0 Å². The lowest BCUT2D eigenvalue weighted by molar-refractivity contribution is -0.512. The SMILES string of the molecule is CC(C)NC(NC(C)C)=[NH+]C1CCCCC1. The lowest BCUT2D eigenvalue weighted by atomic mass is 9.96. The monoisotopic (exact) mass is 226 g/mol. The Morgan fingerprint density at radius 1 is 0.938 bits per heavy atom. The van der Waals surface area contributed by atoms with Crippen molar-refractivity contribution < 1.29 is 4.99 Å². The van der Waals surface area contributed by atoms with Crippen LogP contribution >= 0.6 is 0 Å². The van der Waals surface area contributed by atoms with Gasteiger partial charge in [0.05, 0.1) is 18.1 Å². The normalized spacial score (nSPS) is 17.6. The molecular weight excluding hydrogens is 198 g/mol. The fraction of sp³-hybridized carbons (Fsp3) is 0.923. The summed E-state index contributed by atoms with van der Waals surface area (Å²) in [6.45, 7) is 8.68. The highest BCUT2D eigenvalue weighted by atomic mass is 15.2. The molecular formula is C13H28N3+. The van der Waals surface area contributed by atoms with Gasteiger partial charge in [-0.05, 0) is 40.5 Å². The van der Waals surface area contributed by atoms with E-state index in [0.717, 1.165) is 5.96 Å². The number of nitrogens with one attached hydrogen (secondary N) is 3. The van der Waals surface area contributed by atoms with E-state index in [2.05, 4.69) is 43.3 Å². The number of guanidine groups is 1. The van der Waals surface area contributed by atoms with Crippen molar-refractivity contribution in [3.63, 3.8) is 0 Å². The minimum atomic E-state index is 0.470. The van der Waals surface area contributed by atoms with Crippen molar-refractivity contribution >= 4 is 5.96 Å². The molecule has 0 atom stereocenters. The fourth-order valence-electron chi connectivity index (χ4n) is 2.15. The van der Waals surface area contributed by atoms with Crippen molar-refractivity contribution in [1.82, 2.24) is 10.6 Å². The summed E-state index contributed by atoms with van der Waals surface area (Å²) in [7, 11) is 0. The van der Waals surface area contributed by atoms with Crippen molar-refractivity contribution in [3.05, 3.63) is 0 Å². The molecule has 3 nitrogen and oxygen atoms in total. The molecule has 0 saturated heterocycles. The second-order valence-electron chi connectivity index (χ2n) is 5.45. The van der Waals surface area contributed by atoms with Gasteiger partial charge >= 0.3 is 5.96 Å². The zero-order valence-electron chi connectivity index (χ0n) is 11.3. The third kappa shape index (κ3) is 5.38. The molecule has 0 unspecified atom stereocenters. The zero-order chi connectivity index (χ0) is 12.0. The van der Waals surface area contributed by atoms with Gasteiger partial charge in [-0.1, -0.05) is 19.3 Å². The van der Waals surface area contributed by atoms with E-state index in [0.29, 0.717) is 18.1 Å². The second kappa shape index (κ2) is 6.77. The predicted octanol–water partition coefficient (Wildman–Crippen LogP) is 0.752. The molecule has 0 aromatic carbocycles. The van der Waals surface area contributed by atoms with Crippen LogP contribution in [0.15, 0.2) is 0 Å². The topological polar surface area (TPSA) is 38.0 Å². The quantitative estimate of drug-likeness (QED) is 0.491. The van der Waals surface area contributed by atoms with E-state index in [1.54, 1.807) is 0 Å². The molecule has 0 aromatic heterocycles. The Kier molecular flexibility index (Phi) is 5.64. The smallest absolute Gasteiger partial charge is 0.276 e. The van der Waals surface area contributed by atoms with E-state index in [4.69, 9.17) is 0 Å². The van der Waals surface area contributed by atoms with E-state index < -0.39 is 0 Å². The van der Waals surface area contributed by atoms with Crippen molar-refractivity contribution in [2.75, 3.05) is 0 Å². The van der Waals surface area contributed by atoms with E-state index in [9.17, 15) is 0 Å². The van der Waals surface area contributed by atoms with Crippen LogP contribution in [0.3, 0.4) is 0 Å². The van der Waals surface area contributed by atoms with Gasteiger partial charge in [-0.2, -0.15) is 0 Å². The molecule has 1 fully saturated rings. The Hall–Kier alpha value is -0.730. The van der Waals surface area contributed by atoms with Crippen LogP contribution in [0, 0.1) is 0 Å². The number of hydrogen-bond acceptors (Lipinski definition) is 0. The van der Waals surface area contributed by atoms with E-state index in [-0.39, 0.29) is 0 Å². The summed E-state index contributed by atoms with van der Waals surface area (Å²) in [6.07, 6.45) is 6.76. The van der Waals surface area contributed by atoms with Crippen molar-refractivity contribution in [2.45, 2.75) is 77.9 Å². The minimum Gasteiger partial charge on any atom is -0.276 e. The first-order valence-electron chi connectivity index (χ1n) is 6.74. The van der Waals surface area contributed by atoms with Gasteiger partial charge in [-0.25, -0.2) is 0 Å². The summed E-state index contributed by atoms with van der Waals surface area (Å²) in [6, 6.07) is 1.59. The summed E-state index contributed by atoms with van der Waals surface area (Å²) in [4.78, 5) is 3.61. The maximum absolute atomic E-state index is 3.61. The Labute approximate surface area is 100 Å². The average molecular weight is 226 g/mol. The first-order valence-corrected chi connectivity index (χ1v) is 6.74. The largest absolute Gasteiger partial charge is 0.344 e. The van der Waals surface area contributed by atoms with Gasteiger partial charge in [0, 0.05) is 0 Å². The molecule has 0 radical (unpaired) electrons. The zero-order valence-corrected chi connectivity index (χ0v) is 11.3. The predicted molar refractivity (Wildman–Crippen MR) is 69.4 cm³/mol. The Morgan fingerprint density at radius 2 is 1.44 bits per heavy atom. The first-order chi connectivity index (χ1) is 7.58. The van der Waals surface area contributed by atoms with E-state index in [1.165, 1.54) is 32.1 Å². The van der Waals surface area contributed by atoms with Crippen molar-refractivity contribution in [3.8, 4) is 0 Å². The van der Waals surface area contributed by atoms with Crippen LogP contribution in [-0.2, 0) is 0 Å². The highest BCUT2D eigenvalue weighted by Crippen LogP contribution is 2.14. The highest BCUT2D eigenvalue weighted by molar-refractivity contribution is 5.74. The average Bonchev–Trinajstić information content (AvgIpc) is 2.16. The van der Waals surface area contributed by atoms with Crippen LogP contribution in [-0.4, -0.2) is 24.1 Å². The van der Waals surface area contributed by atoms with Gasteiger partial charge in [0.25, 0.3) is 0 Å². The first kappa shape index (κ1) is 13.3. The second-order valence-corrected chi connectivity index (χ2v) is 5.45. The highest BCUT2D eigenvalue weighted by Gasteiger charge is 2.17. The molecule has 16 heavy (non-hydrogen) atoms. The molecule has 94 valence electrons. The molecule has 0 aromatic rings. The summed E-state index contributed by atoms with van der Waals surface area (Å²) in [5, 5.41) is 6.91. The van der Waals surface area contributed by atoms with Crippen LogP contribution in [0.2, 0.25) is 0 Å². The van der Waals surface area contributed by atoms with Crippen LogP contribution in [0.5, 0.6) is 0 Å². The maximum Gasteiger partial charge on any atom is 0.344 e. The van der Waals surface area contributed by atoms with Gasteiger partial charge < -0.3 is 0 Å². The Morgan fingerprint density at radius 3 is 1.88 bits per heavy atom. The van der Waals surface area contributed by atoms with Gasteiger partial charge in [0.1, 0.15) is 0 Å². The van der Waals surface area contributed by atoms with Gasteiger partial charge in [0.2, 0.25) is 0 Å². The van der Waals surface area contributed by atoms with E-state index >= 15 is 0 Å². The lowest BCUT2D eigenvalue weighted by Gasteiger charge is -2.19. The summed E-state index contributed by atoms with van der Waals surface area (Å²) >= 11 is 0. The molecule has 0 spiro atoms. The fourth-order valence-corrected chi connectivity index (χ4v) is 2.15. The number of rotatable bonds is 3. The molecule has 1 aliphatic rings. The molecule has 1 aliphatic carbocycles. The molecule has 0 aliphatic heterocycles. The van der Waals surface area contributed by atoms with Crippen LogP contribution < -0.4 is 15.6 Å².